The van der Waals surface area contributed by atoms with E-state index in [0.717, 1.165) is 4.90 Å². The zero-order valence-corrected chi connectivity index (χ0v) is 19.0. The number of halogens is 1. The van der Waals surface area contributed by atoms with E-state index in [1.165, 1.54) is 23.1 Å². The molecule has 0 radical (unpaired) electrons. The van der Waals surface area contributed by atoms with Crippen LogP contribution >= 0.6 is 34.7 Å². The van der Waals surface area contributed by atoms with Crippen molar-refractivity contribution in [1.29, 1.82) is 0 Å². The Labute approximate surface area is 188 Å². The van der Waals surface area contributed by atoms with Crippen LogP contribution in [0, 0.1) is 0 Å². The average molecular weight is 486 g/mol. The summed E-state index contributed by atoms with van der Waals surface area (Å²) in [5, 5.41) is 4.58. The SMILES string of the molecule is O=C1Nc2cc(Cl)ccc2S[C@@H]1CC(=O)N1CCC(NS(=O)(=O)c2cccs2)CC1. The second-order valence-electron chi connectivity index (χ2n) is 7.15. The van der Waals surface area contributed by atoms with Gasteiger partial charge in [-0.2, -0.15) is 0 Å². The molecule has 2 N–H and O–H groups in total. The number of thiophene rings is 1. The second-order valence-corrected chi connectivity index (χ2v) is 11.7. The number of carbonyl (C=O) groups excluding carboxylic acids is 2. The Morgan fingerprint density at radius 3 is 2.73 bits per heavy atom. The van der Waals surface area contributed by atoms with Gasteiger partial charge in [0.15, 0.2) is 0 Å². The first-order valence-electron chi connectivity index (χ1n) is 9.42. The van der Waals surface area contributed by atoms with Crippen LogP contribution in [0.4, 0.5) is 5.69 Å². The zero-order chi connectivity index (χ0) is 21.3. The molecule has 0 bridgehead atoms. The van der Waals surface area contributed by atoms with Gasteiger partial charge in [-0.25, -0.2) is 13.1 Å². The van der Waals surface area contributed by atoms with Crippen LogP contribution in [0.25, 0.3) is 0 Å². The molecule has 0 spiro atoms. The lowest BCUT2D eigenvalue weighted by atomic mass is 10.1. The highest BCUT2D eigenvalue weighted by Gasteiger charge is 2.32. The number of likely N-dealkylation sites (tertiary alicyclic amines) is 1. The van der Waals surface area contributed by atoms with Crippen molar-refractivity contribution in [3.63, 3.8) is 0 Å². The van der Waals surface area contributed by atoms with E-state index in [1.807, 2.05) is 6.07 Å². The van der Waals surface area contributed by atoms with Crippen molar-refractivity contribution in [2.75, 3.05) is 18.4 Å². The number of benzene rings is 1. The van der Waals surface area contributed by atoms with Crippen LogP contribution in [0.5, 0.6) is 0 Å². The molecule has 1 saturated heterocycles. The van der Waals surface area contributed by atoms with Crippen LogP contribution < -0.4 is 10.0 Å². The van der Waals surface area contributed by atoms with E-state index in [0.29, 0.717) is 40.9 Å². The standard InChI is InChI=1S/C19H20ClN3O4S3/c20-12-3-4-15-14(10-12)21-19(25)16(29-15)11-17(24)23-7-5-13(6-8-23)22-30(26,27)18-2-1-9-28-18/h1-4,9-10,13,16,22H,5-8,11H2,(H,21,25)/t16-/m1/s1. The van der Waals surface area contributed by atoms with Crippen molar-refractivity contribution in [2.24, 2.45) is 0 Å². The van der Waals surface area contributed by atoms with Gasteiger partial charge in [-0.05, 0) is 42.5 Å². The number of amides is 2. The average Bonchev–Trinajstić information content (AvgIpc) is 3.25. The Morgan fingerprint density at radius 1 is 1.27 bits per heavy atom. The van der Waals surface area contributed by atoms with Crippen molar-refractivity contribution in [3.05, 3.63) is 40.7 Å². The summed E-state index contributed by atoms with van der Waals surface area (Å²) in [7, 11) is -3.52. The summed E-state index contributed by atoms with van der Waals surface area (Å²) in [5.41, 5.74) is 0.667. The van der Waals surface area contributed by atoms with Gasteiger partial charge in [0.2, 0.25) is 21.8 Å². The molecule has 3 heterocycles. The Hall–Kier alpha value is -1.59. The number of carbonyl (C=O) groups is 2. The number of sulfonamides is 1. The van der Waals surface area contributed by atoms with Gasteiger partial charge in [0.25, 0.3) is 0 Å². The minimum absolute atomic E-state index is 0.0976. The summed E-state index contributed by atoms with van der Waals surface area (Å²) >= 11 is 8.51. The number of rotatable bonds is 5. The molecule has 30 heavy (non-hydrogen) atoms. The number of hydrogen-bond acceptors (Lipinski definition) is 6. The maximum atomic E-state index is 12.7. The third-order valence-corrected chi connectivity index (χ3v) is 9.48. The van der Waals surface area contributed by atoms with Gasteiger partial charge < -0.3 is 10.2 Å². The van der Waals surface area contributed by atoms with Gasteiger partial charge in [-0.3, -0.25) is 9.59 Å². The highest BCUT2D eigenvalue weighted by Crippen LogP contribution is 2.38. The number of piperidine rings is 1. The first-order valence-corrected chi connectivity index (χ1v) is 13.0. The molecular formula is C19H20ClN3O4S3. The summed E-state index contributed by atoms with van der Waals surface area (Å²) in [6, 6.07) is 8.36. The molecule has 4 rings (SSSR count). The fourth-order valence-electron chi connectivity index (χ4n) is 3.49. The van der Waals surface area contributed by atoms with Crippen molar-refractivity contribution >= 4 is 62.2 Å². The van der Waals surface area contributed by atoms with E-state index in [4.69, 9.17) is 11.6 Å². The Kier molecular flexibility index (Phi) is 6.40. The number of hydrogen-bond donors (Lipinski definition) is 2. The normalized spacial score (nSPS) is 20.0. The second kappa shape index (κ2) is 8.88. The van der Waals surface area contributed by atoms with Gasteiger partial charge in [0, 0.05) is 35.5 Å². The van der Waals surface area contributed by atoms with Crippen LogP contribution in [0.3, 0.4) is 0 Å². The minimum atomic E-state index is -3.52. The van der Waals surface area contributed by atoms with Crippen molar-refractivity contribution in [2.45, 2.75) is 39.7 Å². The van der Waals surface area contributed by atoms with E-state index in [2.05, 4.69) is 10.0 Å². The molecule has 1 aromatic carbocycles. The topological polar surface area (TPSA) is 95.6 Å². The monoisotopic (exact) mass is 485 g/mol. The first kappa shape index (κ1) is 21.6. The van der Waals surface area contributed by atoms with Gasteiger partial charge in [-0.1, -0.05) is 17.7 Å². The number of anilines is 1. The van der Waals surface area contributed by atoms with E-state index in [1.54, 1.807) is 34.5 Å². The van der Waals surface area contributed by atoms with E-state index < -0.39 is 15.3 Å². The summed E-state index contributed by atoms with van der Waals surface area (Å²) < 4.78 is 27.7. The quantitative estimate of drug-likeness (QED) is 0.678. The van der Waals surface area contributed by atoms with Crippen LogP contribution in [0.15, 0.2) is 44.8 Å². The first-order chi connectivity index (χ1) is 14.3. The Morgan fingerprint density at radius 2 is 2.03 bits per heavy atom. The molecule has 1 atom stereocenters. The van der Waals surface area contributed by atoms with Crippen LogP contribution in [0.1, 0.15) is 19.3 Å². The third kappa shape index (κ3) is 4.83. The highest BCUT2D eigenvalue weighted by atomic mass is 35.5. The van der Waals surface area contributed by atoms with Gasteiger partial charge in [0.1, 0.15) is 4.21 Å². The lowest BCUT2D eigenvalue weighted by Gasteiger charge is -2.33. The molecule has 0 unspecified atom stereocenters. The number of nitrogens with one attached hydrogen (secondary N) is 2. The predicted molar refractivity (Wildman–Crippen MR) is 119 cm³/mol. The Bertz CT molecular complexity index is 1050. The molecule has 1 fully saturated rings. The van der Waals surface area contributed by atoms with Crippen LogP contribution in [-0.2, 0) is 19.6 Å². The van der Waals surface area contributed by atoms with Crippen molar-refractivity contribution in [1.82, 2.24) is 9.62 Å². The van der Waals surface area contributed by atoms with E-state index >= 15 is 0 Å². The predicted octanol–water partition coefficient (Wildman–Crippen LogP) is 3.17. The molecular weight excluding hydrogens is 466 g/mol. The summed E-state index contributed by atoms with van der Waals surface area (Å²) in [6.45, 7) is 0.920. The lowest BCUT2D eigenvalue weighted by molar-refractivity contribution is -0.133. The summed E-state index contributed by atoms with van der Waals surface area (Å²) in [4.78, 5) is 27.7. The lowest BCUT2D eigenvalue weighted by Crippen LogP contribution is -2.47. The fourth-order valence-corrected chi connectivity index (χ4v) is 7.05. The third-order valence-electron chi connectivity index (χ3n) is 5.05. The number of nitrogens with zero attached hydrogens (tertiary/aromatic N) is 1. The zero-order valence-electron chi connectivity index (χ0n) is 15.8. The van der Waals surface area contributed by atoms with E-state index in [9.17, 15) is 18.0 Å². The summed E-state index contributed by atoms with van der Waals surface area (Å²) in [6.07, 6.45) is 1.19. The smallest absolute Gasteiger partial charge is 0.250 e. The summed E-state index contributed by atoms with van der Waals surface area (Å²) in [5.74, 6) is -0.304. The molecule has 160 valence electrons. The molecule has 2 aromatic rings. The number of fused-ring (bicyclic) bond motifs is 1. The van der Waals surface area contributed by atoms with Crippen molar-refractivity contribution < 1.29 is 18.0 Å². The molecule has 7 nitrogen and oxygen atoms in total. The van der Waals surface area contributed by atoms with Crippen LogP contribution in [-0.4, -0.2) is 49.5 Å². The molecule has 2 amide bonds. The largest absolute Gasteiger partial charge is 0.343 e. The van der Waals surface area contributed by atoms with Gasteiger partial charge in [-0.15, -0.1) is 23.1 Å². The fraction of sp³-hybridized carbons (Fsp3) is 0.368. The van der Waals surface area contributed by atoms with Crippen LogP contribution in [0.2, 0.25) is 5.02 Å². The van der Waals surface area contributed by atoms with Gasteiger partial charge in [0.05, 0.1) is 10.9 Å². The van der Waals surface area contributed by atoms with Crippen molar-refractivity contribution in [3.8, 4) is 0 Å². The van der Waals surface area contributed by atoms with E-state index in [-0.39, 0.29) is 24.3 Å². The maximum absolute atomic E-state index is 12.7. The molecule has 1 aromatic heterocycles. The minimum Gasteiger partial charge on any atom is -0.343 e. The molecule has 0 aliphatic carbocycles. The number of thioether (sulfide) groups is 1. The molecule has 2 aliphatic heterocycles. The molecule has 2 aliphatic rings. The Balaban J connectivity index is 1.30. The molecule has 0 saturated carbocycles. The maximum Gasteiger partial charge on any atom is 0.250 e. The molecule has 11 heteroatoms. The van der Waals surface area contributed by atoms with Gasteiger partial charge >= 0.3 is 0 Å². The highest BCUT2D eigenvalue weighted by molar-refractivity contribution is 8.01.